The van der Waals surface area contributed by atoms with E-state index >= 15 is 0 Å². The summed E-state index contributed by atoms with van der Waals surface area (Å²) in [4.78, 5) is 26.2. The zero-order chi connectivity index (χ0) is 33.0. The Labute approximate surface area is 280 Å². The smallest absolute Gasteiger partial charge is 0.338 e. The molecule has 0 spiro atoms. The van der Waals surface area contributed by atoms with E-state index in [1.54, 1.807) is 24.3 Å². The van der Waals surface area contributed by atoms with Gasteiger partial charge in [0.1, 0.15) is 6.10 Å². The molecule has 12 unspecified atom stereocenters. The van der Waals surface area contributed by atoms with Gasteiger partial charge < -0.3 is 24.7 Å². The van der Waals surface area contributed by atoms with E-state index in [-0.39, 0.29) is 22.5 Å². The van der Waals surface area contributed by atoms with E-state index in [2.05, 4.69) is 20.8 Å². The van der Waals surface area contributed by atoms with E-state index in [4.69, 9.17) is 24.7 Å². The van der Waals surface area contributed by atoms with Crippen molar-refractivity contribution in [3.63, 3.8) is 0 Å². The second-order valence-corrected chi connectivity index (χ2v) is 16.0. The molecule has 7 rings (SSSR count). The quantitative estimate of drug-likeness (QED) is 0.254. The molecule has 5 aliphatic rings. The summed E-state index contributed by atoms with van der Waals surface area (Å²) in [5.41, 5.74) is 8.86. The summed E-state index contributed by atoms with van der Waals surface area (Å²) in [5, 5.41) is 0. The Hall–Kier alpha value is -2.74. The van der Waals surface area contributed by atoms with Gasteiger partial charge in [-0.15, -0.1) is 0 Å². The summed E-state index contributed by atoms with van der Waals surface area (Å²) >= 11 is 0. The molecule has 0 radical (unpaired) electrons. The number of benzene rings is 2. The monoisotopic (exact) mass is 643 g/mol. The van der Waals surface area contributed by atoms with Crippen LogP contribution in [0.4, 0.5) is 0 Å². The maximum atomic E-state index is 13.2. The lowest BCUT2D eigenvalue weighted by molar-refractivity contribution is -0.282. The summed E-state index contributed by atoms with van der Waals surface area (Å²) in [6, 6.07) is 17.9. The number of nitrogens with two attached hydrogens (primary N) is 1. The molecule has 12 atom stereocenters. The molecule has 2 aromatic carbocycles. The van der Waals surface area contributed by atoms with Crippen LogP contribution >= 0.6 is 0 Å². The number of carbonyl (C=O) groups is 2. The molecule has 4 saturated carbocycles. The number of esters is 2. The first kappa shape index (κ1) is 32.8. The second-order valence-electron chi connectivity index (χ2n) is 16.0. The van der Waals surface area contributed by atoms with Crippen LogP contribution in [-0.4, -0.2) is 48.2 Å². The average Bonchev–Trinajstić information content (AvgIpc) is 3.32. The molecule has 0 bridgehead atoms. The summed E-state index contributed by atoms with van der Waals surface area (Å²) in [6.07, 6.45) is 8.24. The third-order valence-electron chi connectivity index (χ3n) is 13.9. The van der Waals surface area contributed by atoms with Crippen LogP contribution in [0.15, 0.2) is 60.7 Å². The van der Waals surface area contributed by atoms with Crippen molar-refractivity contribution in [2.24, 2.45) is 40.2 Å². The van der Waals surface area contributed by atoms with Crippen LogP contribution in [0.25, 0.3) is 0 Å². The lowest BCUT2D eigenvalue weighted by atomic mass is 9.42. The molecule has 47 heavy (non-hydrogen) atoms. The van der Waals surface area contributed by atoms with E-state index < -0.39 is 36.5 Å². The molecule has 1 aliphatic heterocycles. The van der Waals surface area contributed by atoms with Gasteiger partial charge >= 0.3 is 11.9 Å². The molecule has 2 aromatic rings. The molecule has 5 fully saturated rings. The third kappa shape index (κ3) is 5.74. The summed E-state index contributed by atoms with van der Waals surface area (Å²) in [7, 11) is 0. The summed E-state index contributed by atoms with van der Waals surface area (Å²) in [5.74, 6) is 1.67. The Morgan fingerprint density at radius 3 is 2.04 bits per heavy atom. The number of ether oxygens (including phenoxy) is 4. The molecular weight excluding hydrogens is 590 g/mol. The van der Waals surface area contributed by atoms with Crippen molar-refractivity contribution >= 4 is 11.9 Å². The average molecular weight is 644 g/mol. The van der Waals surface area contributed by atoms with Crippen LogP contribution in [0.1, 0.15) is 113 Å². The van der Waals surface area contributed by atoms with Gasteiger partial charge in [0.25, 0.3) is 0 Å². The summed E-state index contributed by atoms with van der Waals surface area (Å²) < 4.78 is 25.2. The SMILES string of the molecule is CC1OC(OC2CCC3(C)C(CCC4C3CCC3(C)C(C)CCC43N)C2)C(OC(=O)c2ccccc2)CC1OC(=O)c1ccccc1. The standard InChI is InChI=1S/C40H53NO6/c1-25-17-22-40(41)32-16-15-29-23-30(18-20-38(29,3)31(32)19-21-39(25,40)4)45-37-34(47-36(43)28-13-9-6-10-14-28)24-33(26(2)44-37)46-35(42)27-11-7-5-8-12-27/h5-14,25-26,29-34,37H,15-24,41H2,1-4H3. The third-order valence-corrected chi connectivity index (χ3v) is 13.9. The van der Waals surface area contributed by atoms with Crippen molar-refractivity contribution in [2.45, 2.75) is 128 Å². The first-order chi connectivity index (χ1) is 22.5. The molecular formula is C40H53NO6. The fraction of sp³-hybridized carbons (Fsp3) is 0.650. The molecule has 254 valence electrons. The minimum Gasteiger partial charge on any atom is -0.456 e. The highest BCUT2D eigenvalue weighted by molar-refractivity contribution is 5.90. The van der Waals surface area contributed by atoms with Gasteiger partial charge in [-0.3, -0.25) is 0 Å². The fourth-order valence-electron chi connectivity index (χ4n) is 10.7. The van der Waals surface area contributed by atoms with Gasteiger partial charge in [-0.1, -0.05) is 57.2 Å². The number of rotatable bonds is 6. The Morgan fingerprint density at radius 1 is 0.745 bits per heavy atom. The predicted octanol–water partition coefficient (Wildman–Crippen LogP) is 7.72. The van der Waals surface area contributed by atoms with Gasteiger partial charge in [-0.05, 0) is 123 Å². The number of hydrogen-bond acceptors (Lipinski definition) is 7. The van der Waals surface area contributed by atoms with Crippen LogP contribution in [0.5, 0.6) is 0 Å². The molecule has 2 N–H and O–H groups in total. The minimum atomic E-state index is -0.738. The number of carbonyl (C=O) groups excluding carboxylic acids is 2. The lowest BCUT2D eigenvalue weighted by Gasteiger charge is -2.64. The van der Waals surface area contributed by atoms with E-state index in [1.807, 2.05) is 43.3 Å². The Kier molecular flexibility index (Phi) is 8.80. The van der Waals surface area contributed by atoms with Gasteiger partial charge in [0, 0.05) is 12.0 Å². The first-order valence-electron chi connectivity index (χ1n) is 18.1. The zero-order valence-corrected chi connectivity index (χ0v) is 28.6. The van der Waals surface area contributed by atoms with E-state index in [1.165, 1.54) is 38.5 Å². The van der Waals surface area contributed by atoms with Crippen molar-refractivity contribution in [2.75, 3.05) is 0 Å². The van der Waals surface area contributed by atoms with Crippen LogP contribution in [0, 0.1) is 34.5 Å². The molecule has 0 amide bonds. The summed E-state index contributed by atoms with van der Waals surface area (Å²) in [6.45, 7) is 9.36. The van der Waals surface area contributed by atoms with Crippen LogP contribution in [-0.2, 0) is 18.9 Å². The highest BCUT2D eigenvalue weighted by Crippen LogP contribution is 2.68. The van der Waals surface area contributed by atoms with Crippen LogP contribution in [0.3, 0.4) is 0 Å². The van der Waals surface area contributed by atoms with Gasteiger partial charge in [-0.2, -0.15) is 0 Å². The number of hydrogen-bond donors (Lipinski definition) is 1. The fourth-order valence-corrected chi connectivity index (χ4v) is 10.7. The normalized spacial score (nSPS) is 42.8. The first-order valence-corrected chi connectivity index (χ1v) is 18.1. The second kappa shape index (κ2) is 12.6. The molecule has 1 saturated heterocycles. The maximum absolute atomic E-state index is 13.2. The van der Waals surface area contributed by atoms with Gasteiger partial charge in [0.05, 0.1) is 23.3 Å². The number of fused-ring (bicyclic) bond motifs is 5. The van der Waals surface area contributed by atoms with Crippen LogP contribution < -0.4 is 5.73 Å². The van der Waals surface area contributed by atoms with Gasteiger partial charge in [0.2, 0.25) is 0 Å². The molecule has 1 heterocycles. The van der Waals surface area contributed by atoms with Crippen molar-refractivity contribution in [1.29, 1.82) is 0 Å². The topological polar surface area (TPSA) is 97.1 Å². The van der Waals surface area contributed by atoms with Crippen molar-refractivity contribution in [3.8, 4) is 0 Å². The van der Waals surface area contributed by atoms with E-state index in [0.717, 1.165) is 19.3 Å². The molecule has 0 aromatic heterocycles. The minimum absolute atomic E-state index is 0.00960. The van der Waals surface area contributed by atoms with E-state index in [9.17, 15) is 9.59 Å². The zero-order valence-electron chi connectivity index (χ0n) is 28.6. The maximum Gasteiger partial charge on any atom is 0.338 e. The van der Waals surface area contributed by atoms with Crippen molar-refractivity contribution < 1.29 is 28.5 Å². The Morgan fingerprint density at radius 2 is 1.38 bits per heavy atom. The highest BCUT2D eigenvalue weighted by Gasteiger charge is 2.65. The molecule has 4 aliphatic carbocycles. The van der Waals surface area contributed by atoms with Crippen molar-refractivity contribution in [3.05, 3.63) is 71.8 Å². The van der Waals surface area contributed by atoms with E-state index in [0.29, 0.717) is 41.2 Å². The van der Waals surface area contributed by atoms with Crippen LogP contribution in [0.2, 0.25) is 0 Å². The molecule has 7 nitrogen and oxygen atoms in total. The predicted molar refractivity (Wildman–Crippen MR) is 179 cm³/mol. The Balaban J connectivity index is 1.05. The largest absolute Gasteiger partial charge is 0.456 e. The molecule has 7 heteroatoms. The Bertz CT molecular complexity index is 1430. The van der Waals surface area contributed by atoms with Crippen molar-refractivity contribution in [1.82, 2.24) is 0 Å². The lowest BCUT2D eigenvalue weighted by Crippen LogP contribution is -2.66. The van der Waals surface area contributed by atoms with Gasteiger partial charge in [-0.25, -0.2) is 9.59 Å². The highest BCUT2D eigenvalue weighted by atomic mass is 16.7. The van der Waals surface area contributed by atoms with Gasteiger partial charge in [0.15, 0.2) is 12.4 Å².